The fourth-order valence-electron chi connectivity index (χ4n) is 2.48. The van der Waals surface area contributed by atoms with E-state index >= 15 is 0 Å². The van der Waals surface area contributed by atoms with Crippen molar-refractivity contribution in [2.45, 2.75) is 44.2 Å². The van der Waals surface area contributed by atoms with Gasteiger partial charge < -0.3 is 20.5 Å². The maximum Gasteiger partial charge on any atom is 0.220 e. The van der Waals surface area contributed by atoms with Gasteiger partial charge in [-0.15, -0.1) is 0 Å². The number of amides is 1. The zero-order valence-corrected chi connectivity index (χ0v) is 11.5. The van der Waals surface area contributed by atoms with E-state index in [-0.39, 0.29) is 18.1 Å². The SMILES string of the molecule is COCC(CNC(=O)CC1CCCC(N)C1)OC. The van der Waals surface area contributed by atoms with Crippen LogP contribution in [0, 0.1) is 5.92 Å². The van der Waals surface area contributed by atoms with Gasteiger partial charge in [-0.3, -0.25) is 4.79 Å². The molecule has 0 aromatic rings. The van der Waals surface area contributed by atoms with E-state index in [2.05, 4.69) is 5.32 Å². The highest BCUT2D eigenvalue weighted by Gasteiger charge is 2.21. The summed E-state index contributed by atoms with van der Waals surface area (Å²) in [6, 6.07) is 0.275. The van der Waals surface area contributed by atoms with Gasteiger partial charge in [-0.1, -0.05) is 6.42 Å². The molecule has 3 atom stereocenters. The number of carbonyl (C=O) groups excluding carboxylic acids is 1. The molecule has 106 valence electrons. The van der Waals surface area contributed by atoms with Gasteiger partial charge in [-0.2, -0.15) is 0 Å². The highest BCUT2D eigenvalue weighted by Crippen LogP contribution is 2.25. The van der Waals surface area contributed by atoms with Gasteiger partial charge in [0.25, 0.3) is 0 Å². The molecule has 0 saturated heterocycles. The van der Waals surface area contributed by atoms with Gasteiger partial charge in [-0.05, 0) is 25.2 Å². The second-order valence-corrected chi connectivity index (χ2v) is 5.11. The van der Waals surface area contributed by atoms with Crippen molar-refractivity contribution >= 4 is 5.91 Å². The fraction of sp³-hybridized carbons (Fsp3) is 0.923. The minimum atomic E-state index is -0.0763. The Hall–Kier alpha value is -0.650. The Balaban J connectivity index is 2.20. The molecule has 1 amide bonds. The van der Waals surface area contributed by atoms with Gasteiger partial charge in [0.15, 0.2) is 0 Å². The van der Waals surface area contributed by atoms with Gasteiger partial charge in [-0.25, -0.2) is 0 Å². The third-order valence-corrected chi connectivity index (χ3v) is 3.51. The summed E-state index contributed by atoms with van der Waals surface area (Å²) in [6.45, 7) is 0.993. The lowest BCUT2D eigenvalue weighted by molar-refractivity contribution is -0.123. The smallest absolute Gasteiger partial charge is 0.220 e. The summed E-state index contributed by atoms with van der Waals surface area (Å²) in [4.78, 5) is 11.8. The predicted octanol–water partition coefficient (Wildman–Crippen LogP) is 0.672. The van der Waals surface area contributed by atoms with Crippen molar-refractivity contribution in [1.82, 2.24) is 5.32 Å². The van der Waals surface area contributed by atoms with Gasteiger partial charge in [0, 0.05) is 33.2 Å². The molecular formula is C13H26N2O3. The van der Waals surface area contributed by atoms with Crippen LogP contribution >= 0.6 is 0 Å². The molecule has 0 aliphatic heterocycles. The van der Waals surface area contributed by atoms with Crippen molar-refractivity contribution in [2.75, 3.05) is 27.4 Å². The molecule has 0 radical (unpaired) electrons. The van der Waals surface area contributed by atoms with Gasteiger partial charge in [0.05, 0.1) is 12.7 Å². The summed E-state index contributed by atoms with van der Waals surface area (Å²) in [7, 11) is 3.24. The number of methoxy groups -OCH3 is 2. The molecule has 18 heavy (non-hydrogen) atoms. The molecule has 0 heterocycles. The van der Waals surface area contributed by atoms with E-state index in [1.807, 2.05) is 0 Å². The molecule has 5 nitrogen and oxygen atoms in total. The number of hydrogen-bond donors (Lipinski definition) is 2. The Morgan fingerprint density at radius 1 is 1.44 bits per heavy atom. The molecule has 0 aromatic heterocycles. The van der Waals surface area contributed by atoms with Crippen molar-refractivity contribution in [1.29, 1.82) is 0 Å². The standard InChI is InChI=1S/C13H26N2O3/c1-17-9-12(18-2)8-15-13(16)7-10-4-3-5-11(14)6-10/h10-12H,3-9,14H2,1-2H3,(H,15,16). The number of carbonyl (C=O) groups is 1. The average molecular weight is 258 g/mol. The van der Waals surface area contributed by atoms with Crippen LogP contribution in [0.4, 0.5) is 0 Å². The quantitative estimate of drug-likeness (QED) is 0.704. The number of nitrogens with one attached hydrogen (secondary N) is 1. The van der Waals surface area contributed by atoms with Crippen LogP contribution in [0.15, 0.2) is 0 Å². The third kappa shape index (κ3) is 5.80. The highest BCUT2D eigenvalue weighted by atomic mass is 16.5. The van der Waals surface area contributed by atoms with Crippen LogP contribution in [0.3, 0.4) is 0 Å². The van der Waals surface area contributed by atoms with Crippen molar-refractivity contribution in [3.05, 3.63) is 0 Å². The summed E-state index contributed by atoms with van der Waals surface area (Å²) in [5.74, 6) is 0.532. The molecular weight excluding hydrogens is 232 g/mol. The van der Waals surface area contributed by atoms with E-state index in [9.17, 15) is 4.79 Å². The first kappa shape index (κ1) is 15.4. The Labute approximate surface area is 109 Å². The molecule has 3 unspecified atom stereocenters. The monoisotopic (exact) mass is 258 g/mol. The maximum absolute atomic E-state index is 11.8. The summed E-state index contributed by atoms with van der Waals surface area (Å²) >= 11 is 0. The molecule has 1 aliphatic carbocycles. The highest BCUT2D eigenvalue weighted by molar-refractivity contribution is 5.76. The summed E-state index contributed by atoms with van der Waals surface area (Å²) in [6.07, 6.45) is 4.83. The molecule has 1 saturated carbocycles. The fourth-order valence-corrected chi connectivity index (χ4v) is 2.48. The second kappa shape index (κ2) is 8.45. The lowest BCUT2D eigenvalue weighted by atomic mass is 9.84. The lowest BCUT2D eigenvalue weighted by Crippen LogP contribution is -2.37. The molecule has 1 rings (SSSR count). The maximum atomic E-state index is 11.8. The van der Waals surface area contributed by atoms with E-state index in [0.717, 1.165) is 25.7 Å². The first-order chi connectivity index (χ1) is 8.65. The molecule has 0 bridgehead atoms. The Morgan fingerprint density at radius 2 is 2.22 bits per heavy atom. The minimum Gasteiger partial charge on any atom is -0.382 e. The third-order valence-electron chi connectivity index (χ3n) is 3.51. The molecule has 0 spiro atoms. The minimum absolute atomic E-state index is 0.0763. The van der Waals surface area contributed by atoms with E-state index < -0.39 is 0 Å². The largest absolute Gasteiger partial charge is 0.382 e. The normalized spacial score (nSPS) is 25.7. The summed E-state index contributed by atoms with van der Waals surface area (Å²) in [5.41, 5.74) is 5.92. The summed E-state index contributed by atoms with van der Waals surface area (Å²) < 4.78 is 10.2. The summed E-state index contributed by atoms with van der Waals surface area (Å²) in [5, 5.41) is 2.90. The van der Waals surface area contributed by atoms with Gasteiger partial charge >= 0.3 is 0 Å². The zero-order valence-electron chi connectivity index (χ0n) is 11.5. The number of hydrogen-bond acceptors (Lipinski definition) is 4. The van der Waals surface area contributed by atoms with Crippen LogP contribution in [-0.4, -0.2) is 45.4 Å². The van der Waals surface area contributed by atoms with Crippen LogP contribution in [0.2, 0.25) is 0 Å². The second-order valence-electron chi connectivity index (χ2n) is 5.11. The van der Waals surface area contributed by atoms with Crippen molar-refractivity contribution in [3.8, 4) is 0 Å². The van der Waals surface area contributed by atoms with Crippen LogP contribution in [0.5, 0.6) is 0 Å². The van der Waals surface area contributed by atoms with Crippen LogP contribution in [-0.2, 0) is 14.3 Å². The van der Waals surface area contributed by atoms with E-state index in [0.29, 0.717) is 25.5 Å². The van der Waals surface area contributed by atoms with E-state index in [1.54, 1.807) is 14.2 Å². The molecule has 1 fully saturated rings. The van der Waals surface area contributed by atoms with E-state index in [4.69, 9.17) is 15.2 Å². The lowest BCUT2D eigenvalue weighted by Gasteiger charge is -2.26. The van der Waals surface area contributed by atoms with Crippen LogP contribution in [0.25, 0.3) is 0 Å². The zero-order chi connectivity index (χ0) is 13.4. The number of nitrogens with two attached hydrogens (primary N) is 1. The molecule has 1 aliphatic rings. The van der Waals surface area contributed by atoms with Gasteiger partial charge in [0.1, 0.15) is 0 Å². The van der Waals surface area contributed by atoms with Gasteiger partial charge in [0.2, 0.25) is 5.91 Å². The van der Waals surface area contributed by atoms with Crippen LogP contribution in [0.1, 0.15) is 32.1 Å². The number of ether oxygens (including phenoxy) is 2. The van der Waals surface area contributed by atoms with Crippen molar-refractivity contribution in [3.63, 3.8) is 0 Å². The van der Waals surface area contributed by atoms with Crippen molar-refractivity contribution in [2.24, 2.45) is 11.7 Å². The first-order valence-corrected chi connectivity index (χ1v) is 6.69. The molecule has 0 aromatic carbocycles. The van der Waals surface area contributed by atoms with Crippen LogP contribution < -0.4 is 11.1 Å². The Morgan fingerprint density at radius 3 is 2.83 bits per heavy atom. The predicted molar refractivity (Wildman–Crippen MR) is 70.2 cm³/mol. The molecule has 5 heteroatoms. The molecule has 3 N–H and O–H groups in total. The van der Waals surface area contributed by atoms with E-state index in [1.165, 1.54) is 0 Å². The average Bonchev–Trinajstić information content (AvgIpc) is 2.34. The first-order valence-electron chi connectivity index (χ1n) is 6.69. The Bertz CT molecular complexity index is 248. The number of rotatable bonds is 7. The Kier molecular flexibility index (Phi) is 7.23. The van der Waals surface area contributed by atoms with Crippen molar-refractivity contribution < 1.29 is 14.3 Å². The topological polar surface area (TPSA) is 73.6 Å².